The Bertz CT molecular complexity index is 128. The summed E-state index contributed by atoms with van der Waals surface area (Å²) in [5.74, 6) is 0.853. The second-order valence-electron chi connectivity index (χ2n) is 4.61. The molecule has 0 aliphatic rings. The maximum atomic E-state index is 2.32. The van der Waals surface area contributed by atoms with Gasteiger partial charge in [0.1, 0.15) is 0 Å². The summed E-state index contributed by atoms with van der Waals surface area (Å²) in [6.07, 6.45) is 2.69. The Morgan fingerprint density at radius 2 is 1.73 bits per heavy atom. The first-order chi connectivity index (χ1) is 4.84. The Hall–Kier alpha value is 0.558. The molecule has 0 N–H and O–H groups in total. The van der Waals surface area contributed by atoms with Gasteiger partial charge in [-0.05, 0) is 0 Å². The molecule has 0 nitrogen and oxygen atoms in total. The monoisotopic (exact) mass is 324 g/mol. The number of hydrogen-bond acceptors (Lipinski definition) is 0. The summed E-state index contributed by atoms with van der Waals surface area (Å²) < 4.78 is 1.71. The SMILES string of the molecule is CC(C)CC[C](=[W])C(C)(C)C. The van der Waals surface area contributed by atoms with Crippen LogP contribution in [0.4, 0.5) is 0 Å². The molecule has 0 spiro atoms. The molecule has 0 amide bonds. The van der Waals surface area contributed by atoms with Crippen LogP contribution in [0, 0.1) is 11.3 Å². The van der Waals surface area contributed by atoms with E-state index in [-0.39, 0.29) is 0 Å². The van der Waals surface area contributed by atoms with Crippen LogP contribution in [0.25, 0.3) is 0 Å². The molecule has 0 aromatic rings. The quantitative estimate of drug-likeness (QED) is 0.748. The fraction of sp³-hybridized carbons (Fsp3) is 0.900. The molecular formula is C10H20W. The third-order valence-corrected chi connectivity index (χ3v) is 4.72. The van der Waals surface area contributed by atoms with Crippen molar-refractivity contribution in [1.82, 2.24) is 0 Å². The van der Waals surface area contributed by atoms with Crippen molar-refractivity contribution >= 4 is 3.90 Å². The van der Waals surface area contributed by atoms with E-state index in [1.54, 1.807) is 23.3 Å². The molecule has 0 aliphatic heterocycles. The maximum absolute atomic E-state index is 2.32. The third-order valence-electron chi connectivity index (χ3n) is 1.79. The fourth-order valence-corrected chi connectivity index (χ4v) is 1.22. The van der Waals surface area contributed by atoms with Crippen molar-refractivity contribution in [2.24, 2.45) is 11.3 Å². The average Bonchev–Trinajstić information content (AvgIpc) is 1.80. The summed E-state index contributed by atoms with van der Waals surface area (Å²) in [7, 11) is 0. The van der Waals surface area contributed by atoms with Gasteiger partial charge in [0, 0.05) is 0 Å². The molecule has 11 heavy (non-hydrogen) atoms. The van der Waals surface area contributed by atoms with Crippen molar-refractivity contribution in [2.45, 2.75) is 47.5 Å². The van der Waals surface area contributed by atoms with Crippen LogP contribution >= 0.6 is 0 Å². The molecule has 1 heteroatoms. The zero-order valence-electron chi connectivity index (χ0n) is 8.40. The topological polar surface area (TPSA) is 0 Å². The molecule has 66 valence electrons. The van der Waals surface area contributed by atoms with E-state index in [0.717, 1.165) is 5.92 Å². The zero-order chi connectivity index (χ0) is 9.07. The van der Waals surface area contributed by atoms with Crippen molar-refractivity contribution in [3.63, 3.8) is 0 Å². The van der Waals surface area contributed by atoms with Gasteiger partial charge in [-0.2, -0.15) is 0 Å². The van der Waals surface area contributed by atoms with Gasteiger partial charge < -0.3 is 0 Å². The molecule has 0 rings (SSSR count). The molecule has 0 saturated carbocycles. The summed E-state index contributed by atoms with van der Waals surface area (Å²) in [4.78, 5) is 0. The summed E-state index contributed by atoms with van der Waals surface area (Å²) in [6.45, 7) is 11.5. The molecular weight excluding hydrogens is 304 g/mol. The van der Waals surface area contributed by atoms with Crippen LogP contribution < -0.4 is 0 Å². The van der Waals surface area contributed by atoms with Gasteiger partial charge in [0.25, 0.3) is 0 Å². The average molecular weight is 324 g/mol. The minimum atomic E-state index is 0.449. The molecule has 0 saturated heterocycles. The molecule has 0 unspecified atom stereocenters. The first-order valence-corrected chi connectivity index (χ1v) is 5.84. The van der Waals surface area contributed by atoms with Crippen molar-refractivity contribution in [3.05, 3.63) is 0 Å². The summed E-state index contributed by atoms with van der Waals surface area (Å²) >= 11 is 1.67. The van der Waals surface area contributed by atoms with E-state index in [1.165, 1.54) is 12.8 Å². The van der Waals surface area contributed by atoms with E-state index in [2.05, 4.69) is 34.6 Å². The van der Waals surface area contributed by atoms with Crippen LogP contribution in [-0.2, 0) is 19.4 Å². The Morgan fingerprint density at radius 1 is 1.27 bits per heavy atom. The third kappa shape index (κ3) is 5.79. The van der Waals surface area contributed by atoms with Gasteiger partial charge >= 0.3 is 82.0 Å². The second-order valence-corrected chi connectivity index (χ2v) is 6.38. The second kappa shape index (κ2) is 4.55. The Balaban J connectivity index is 3.71. The number of rotatable bonds is 3. The van der Waals surface area contributed by atoms with Crippen LogP contribution in [0.3, 0.4) is 0 Å². The Labute approximate surface area is 82.2 Å². The van der Waals surface area contributed by atoms with E-state index in [9.17, 15) is 0 Å². The fourth-order valence-electron chi connectivity index (χ4n) is 0.795. The summed E-state index contributed by atoms with van der Waals surface area (Å²) in [5.41, 5.74) is 0.449. The first kappa shape index (κ1) is 11.6. The van der Waals surface area contributed by atoms with E-state index in [1.807, 2.05) is 0 Å². The number of hydrogen-bond donors (Lipinski definition) is 0. The predicted octanol–water partition coefficient (Wildman–Crippen LogP) is 3.19. The van der Waals surface area contributed by atoms with Gasteiger partial charge in [0.2, 0.25) is 0 Å². The van der Waals surface area contributed by atoms with Crippen LogP contribution in [-0.4, -0.2) is 3.90 Å². The van der Waals surface area contributed by atoms with Gasteiger partial charge in [0.15, 0.2) is 0 Å². The molecule has 0 fully saturated rings. The van der Waals surface area contributed by atoms with Gasteiger partial charge in [0.05, 0.1) is 0 Å². The Morgan fingerprint density at radius 3 is 2.00 bits per heavy atom. The van der Waals surface area contributed by atoms with E-state index in [4.69, 9.17) is 0 Å². The molecule has 0 atom stereocenters. The molecule has 0 radical (unpaired) electrons. The van der Waals surface area contributed by atoms with Crippen LogP contribution in [0.2, 0.25) is 0 Å². The van der Waals surface area contributed by atoms with Gasteiger partial charge in [-0.3, -0.25) is 0 Å². The zero-order valence-corrected chi connectivity index (χ0v) is 11.3. The van der Waals surface area contributed by atoms with Gasteiger partial charge in [-0.25, -0.2) is 0 Å². The van der Waals surface area contributed by atoms with Crippen molar-refractivity contribution in [3.8, 4) is 0 Å². The van der Waals surface area contributed by atoms with Crippen LogP contribution in [0.5, 0.6) is 0 Å². The van der Waals surface area contributed by atoms with Gasteiger partial charge in [-0.15, -0.1) is 0 Å². The van der Waals surface area contributed by atoms with Crippen molar-refractivity contribution in [1.29, 1.82) is 0 Å². The Kier molecular flexibility index (Phi) is 4.78. The first-order valence-electron chi connectivity index (χ1n) is 4.37. The van der Waals surface area contributed by atoms with Gasteiger partial charge in [-0.1, -0.05) is 0 Å². The normalized spacial score (nSPS) is 12.2. The predicted molar refractivity (Wildman–Crippen MR) is 48.5 cm³/mol. The van der Waals surface area contributed by atoms with E-state index < -0.39 is 0 Å². The molecule has 0 aliphatic carbocycles. The summed E-state index contributed by atoms with van der Waals surface area (Å²) in [5, 5.41) is 0. The van der Waals surface area contributed by atoms with Crippen LogP contribution in [0.1, 0.15) is 47.5 Å². The minimum absolute atomic E-state index is 0.449. The standard InChI is InChI=1S/C10H20.W/c1-9(2)7-6-8-10(3,4)5;/h9H,6-7H2,1-5H3;. The van der Waals surface area contributed by atoms with E-state index in [0.29, 0.717) is 5.41 Å². The molecule has 0 aromatic heterocycles. The van der Waals surface area contributed by atoms with Crippen molar-refractivity contribution < 1.29 is 19.4 Å². The summed E-state index contributed by atoms with van der Waals surface area (Å²) in [6, 6.07) is 0. The van der Waals surface area contributed by atoms with Crippen LogP contribution in [0.15, 0.2) is 0 Å². The molecule has 0 bridgehead atoms. The van der Waals surface area contributed by atoms with E-state index >= 15 is 0 Å². The molecule has 0 aromatic carbocycles. The van der Waals surface area contributed by atoms with Crippen molar-refractivity contribution in [2.75, 3.05) is 0 Å². The molecule has 0 heterocycles.